The molecule has 3 aromatic rings. The lowest BCUT2D eigenvalue weighted by molar-refractivity contribution is -0.123. The Morgan fingerprint density at radius 3 is 2.55 bits per heavy atom. The second-order valence-corrected chi connectivity index (χ2v) is 6.77. The lowest BCUT2D eigenvalue weighted by atomic mass is 10.1. The van der Waals surface area contributed by atoms with Crippen LogP contribution in [-0.2, 0) is 17.9 Å². The molecule has 0 aliphatic carbocycles. The zero-order valence-electron chi connectivity index (χ0n) is 16.4. The molecule has 0 aliphatic heterocycles. The van der Waals surface area contributed by atoms with Crippen molar-refractivity contribution in [2.45, 2.75) is 33.0 Å². The topological polar surface area (TPSA) is 103 Å². The van der Waals surface area contributed by atoms with Crippen LogP contribution in [0.1, 0.15) is 25.3 Å². The predicted molar refractivity (Wildman–Crippen MR) is 112 cm³/mol. The van der Waals surface area contributed by atoms with Crippen LogP contribution in [0.3, 0.4) is 0 Å². The maximum absolute atomic E-state index is 12.0. The van der Waals surface area contributed by atoms with E-state index in [1.807, 2.05) is 68.4 Å². The van der Waals surface area contributed by atoms with Crippen molar-refractivity contribution in [1.82, 2.24) is 15.5 Å². The fourth-order valence-electron chi connectivity index (χ4n) is 2.53. The number of carbonyl (C=O) groups is 1. The zero-order valence-corrected chi connectivity index (χ0v) is 17.2. The van der Waals surface area contributed by atoms with Gasteiger partial charge in [-0.2, -0.15) is 4.98 Å². The third-order valence-corrected chi connectivity index (χ3v) is 4.27. The summed E-state index contributed by atoms with van der Waals surface area (Å²) in [6.07, 6.45) is 0. The number of nitrogens with one attached hydrogen (secondary N) is 1. The van der Waals surface area contributed by atoms with E-state index in [1.54, 1.807) is 0 Å². The number of amides is 1. The summed E-state index contributed by atoms with van der Waals surface area (Å²) in [4.78, 5) is 16.3. The smallest absolute Gasteiger partial charge is 0.246 e. The van der Waals surface area contributed by atoms with Crippen LogP contribution in [0.2, 0.25) is 0 Å². The van der Waals surface area contributed by atoms with Gasteiger partial charge in [0.1, 0.15) is 12.4 Å². The van der Waals surface area contributed by atoms with Gasteiger partial charge in [0, 0.05) is 0 Å². The van der Waals surface area contributed by atoms with Gasteiger partial charge in [0.05, 0.1) is 18.2 Å². The largest absolute Gasteiger partial charge is 0.488 e. The minimum Gasteiger partial charge on any atom is -0.488 e. The van der Waals surface area contributed by atoms with Gasteiger partial charge in [0.15, 0.2) is 0 Å². The van der Waals surface area contributed by atoms with Gasteiger partial charge in [-0.15, -0.1) is 12.4 Å². The number of aromatic nitrogens is 2. The number of hydrogen-bond donors (Lipinski definition) is 2. The van der Waals surface area contributed by atoms with Crippen LogP contribution in [0, 0.1) is 5.92 Å². The highest BCUT2D eigenvalue weighted by Crippen LogP contribution is 2.28. The van der Waals surface area contributed by atoms with Crippen LogP contribution in [0.25, 0.3) is 11.4 Å². The number of halogens is 1. The van der Waals surface area contributed by atoms with Gasteiger partial charge in [-0.1, -0.05) is 61.5 Å². The zero-order chi connectivity index (χ0) is 19.9. The first-order chi connectivity index (χ1) is 13.5. The van der Waals surface area contributed by atoms with E-state index in [-0.39, 0.29) is 30.8 Å². The molecule has 0 unspecified atom stereocenters. The fraction of sp³-hybridized carbons (Fsp3) is 0.286. The normalized spacial score (nSPS) is 11.6. The molecule has 0 saturated heterocycles. The van der Waals surface area contributed by atoms with Gasteiger partial charge in [0.25, 0.3) is 0 Å². The van der Waals surface area contributed by atoms with Crippen molar-refractivity contribution in [3.63, 3.8) is 0 Å². The van der Waals surface area contributed by atoms with Gasteiger partial charge in [0.2, 0.25) is 17.6 Å². The molecule has 154 valence electrons. The van der Waals surface area contributed by atoms with Crippen molar-refractivity contribution in [2.75, 3.05) is 0 Å². The Balaban J connectivity index is 0.00000300. The molecule has 0 saturated carbocycles. The first-order valence-electron chi connectivity index (χ1n) is 9.16. The Morgan fingerprint density at radius 2 is 1.83 bits per heavy atom. The average Bonchev–Trinajstić information content (AvgIpc) is 3.19. The fourth-order valence-corrected chi connectivity index (χ4v) is 2.53. The molecule has 1 heterocycles. The number of benzene rings is 2. The summed E-state index contributed by atoms with van der Waals surface area (Å²) in [7, 11) is 0. The Morgan fingerprint density at radius 1 is 1.14 bits per heavy atom. The number of para-hydroxylation sites is 1. The summed E-state index contributed by atoms with van der Waals surface area (Å²) in [6, 6.07) is 16.8. The molecule has 3 rings (SSSR count). The number of nitrogens with two attached hydrogens (primary N) is 1. The third kappa shape index (κ3) is 6.04. The van der Waals surface area contributed by atoms with Gasteiger partial charge in [-0.3, -0.25) is 4.79 Å². The quantitative estimate of drug-likeness (QED) is 0.583. The molecule has 29 heavy (non-hydrogen) atoms. The second kappa shape index (κ2) is 10.6. The minimum atomic E-state index is -0.575. The highest BCUT2D eigenvalue weighted by Gasteiger charge is 2.18. The number of rotatable bonds is 8. The predicted octanol–water partition coefficient (Wildman–Crippen LogP) is 3.34. The van der Waals surface area contributed by atoms with Crippen LogP contribution in [0.4, 0.5) is 0 Å². The molecule has 1 amide bonds. The van der Waals surface area contributed by atoms with E-state index in [2.05, 4.69) is 15.5 Å². The van der Waals surface area contributed by atoms with Crippen LogP contribution >= 0.6 is 12.4 Å². The standard InChI is InChI=1S/C21H24N4O3.ClH/c1-14(2)19(22)21(26)23-12-18-24-20(25-28-18)16-10-6-7-11-17(16)27-13-15-8-4-3-5-9-15;/h3-11,14,19H,12-13,22H2,1-2H3,(H,23,26);1H/t19-;/m0./s1. The van der Waals surface area contributed by atoms with Crippen LogP contribution in [0.15, 0.2) is 59.1 Å². The van der Waals surface area contributed by atoms with Crippen molar-refractivity contribution >= 4 is 18.3 Å². The van der Waals surface area contributed by atoms with E-state index >= 15 is 0 Å². The molecule has 7 nitrogen and oxygen atoms in total. The summed E-state index contributed by atoms with van der Waals surface area (Å²) in [5, 5.41) is 6.73. The van der Waals surface area contributed by atoms with Crippen molar-refractivity contribution in [1.29, 1.82) is 0 Å². The second-order valence-electron chi connectivity index (χ2n) is 6.77. The molecule has 3 N–H and O–H groups in total. The lowest BCUT2D eigenvalue weighted by Crippen LogP contribution is -2.43. The van der Waals surface area contributed by atoms with Gasteiger partial charge in [-0.05, 0) is 23.6 Å². The van der Waals surface area contributed by atoms with Crippen LogP contribution in [-0.4, -0.2) is 22.1 Å². The van der Waals surface area contributed by atoms with Crippen molar-refractivity contribution in [3.05, 3.63) is 66.1 Å². The highest BCUT2D eigenvalue weighted by molar-refractivity contribution is 5.85. The lowest BCUT2D eigenvalue weighted by Gasteiger charge is -2.14. The van der Waals surface area contributed by atoms with E-state index in [0.29, 0.717) is 24.1 Å². The Hall–Kier alpha value is -2.90. The maximum Gasteiger partial charge on any atom is 0.246 e. The SMILES string of the molecule is CC(C)[C@H](N)C(=O)NCc1nc(-c2ccccc2OCc2ccccc2)no1.Cl. The average molecular weight is 417 g/mol. The van der Waals surface area contributed by atoms with Crippen molar-refractivity contribution in [3.8, 4) is 17.1 Å². The molecule has 1 atom stereocenters. The molecule has 0 radical (unpaired) electrons. The maximum atomic E-state index is 12.0. The van der Waals surface area contributed by atoms with Crippen molar-refractivity contribution in [2.24, 2.45) is 11.7 Å². The summed E-state index contributed by atoms with van der Waals surface area (Å²) in [5.41, 5.74) is 7.61. The third-order valence-electron chi connectivity index (χ3n) is 4.27. The molecular weight excluding hydrogens is 392 g/mol. The summed E-state index contributed by atoms with van der Waals surface area (Å²) in [6.45, 7) is 4.34. The molecule has 8 heteroatoms. The number of nitrogens with zero attached hydrogens (tertiary/aromatic N) is 2. The summed E-state index contributed by atoms with van der Waals surface area (Å²) < 4.78 is 11.2. The van der Waals surface area contributed by atoms with Gasteiger partial charge < -0.3 is 20.3 Å². The Labute approximate surface area is 176 Å². The molecule has 0 aliphatic rings. The molecule has 1 aromatic heterocycles. The van der Waals surface area contributed by atoms with Crippen LogP contribution < -0.4 is 15.8 Å². The molecule has 0 spiro atoms. The molecule has 0 bridgehead atoms. The monoisotopic (exact) mass is 416 g/mol. The highest BCUT2D eigenvalue weighted by atomic mass is 35.5. The van der Waals surface area contributed by atoms with E-state index in [9.17, 15) is 4.79 Å². The van der Waals surface area contributed by atoms with E-state index in [0.717, 1.165) is 11.1 Å². The Kier molecular flexibility index (Phi) is 8.18. The number of carbonyl (C=O) groups excluding carboxylic acids is 1. The summed E-state index contributed by atoms with van der Waals surface area (Å²) in [5.74, 6) is 1.16. The van der Waals surface area contributed by atoms with Gasteiger partial charge in [-0.25, -0.2) is 0 Å². The van der Waals surface area contributed by atoms with Gasteiger partial charge >= 0.3 is 0 Å². The van der Waals surface area contributed by atoms with E-state index < -0.39 is 6.04 Å². The molecule has 0 fully saturated rings. The minimum absolute atomic E-state index is 0. The van der Waals surface area contributed by atoms with Crippen LogP contribution in [0.5, 0.6) is 5.75 Å². The number of ether oxygens (including phenoxy) is 1. The summed E-state index contributed by atoms with van der Waals surface area (Å²) >= 11 is 0. The van der Waals surface area contributed by atoms with Crippen molar-refractivity contribution < 1.29 is 14.1 Å². The molecule has 2 aromatic carbocycles. The van der Waals surface area contributed by atoms with E-state index in [4.69, 9.17) is 15.0 Å². The number of hydrogen-bond acceptors (Lipinski definition) is 6. The first kappa shape index (κ1) is 22.4. The van der Waals surface area contributed by atoms with E-state index in [1.165, 1.54) is 0 Å². The Bertz CT molecular complexity index is 915. The first-order valence-corrected chi connectivity index (χ1v) is 9.16. The molecular formula is C21H25ClN4O3.